The highest BCUT2D eigenvalue weighted by Gasteiger charge is 2.78. The second-order valence-electron chi connectivity index (χ2n) is 11.6. The van der Waals surface area contributed by atoms with Gasteiger partial charge < -0.3 is 18.6 Å². The number of methoxy groups -OCH3 is 1. The van der Waals surface area contributed by atoms with E-state index in [4.69, 9.17) is 18.6 Å². The third-order valence-electron chi connectivity index (χ3n) is 10.3. The summed E-state index contributed by atoms with van der Waals surface area (Å²) in [6, 6.07) is 1.98. The highest BCUT2D eigenvalue weighted by atomic mass is 16.6. The van der Waals surface area contributed by atoms with Crippen LogP contribution in [0.5, 0.6) is 0 Å². The van der Waals surface area contributed by atoms with Crippen molar-refractivity contribution in [2.45, 2.75) is 77.6 Å². The van der Waals surface area contributed by atoms with Crippen molar-refractivity contribution < 1.29 is 33.0 Å². The number of hydrogen-bond donors (Lipinski definition) is 0. The summed E-state index contributed by atoms with van der Waals surface area (Å²) in [5.74, 6) is -1.02. The molecule has 0 spiro atoms. The zero-order valence-corrected chi connectivity index (χ0v) is 20.4. The number of hydrogen-bond acceptors (Lipinski definition) is 7. The predicted octanol–water partition coefficient (Wildman–Crippen LogP) is 3.97. The first-order valence-electron chi connectivity index (χ1n) is 12.3. The van der Waals surface area contributed by atoms with E-state index in [1.54, 1.807) is 12.5 Å². The van der Waals surface area contributed by atoms with Gasteiger partial charge in [0.1, 0.15) is 18.0 Å². The molecule has 4 fully saturated rings. The number of ketones is 1. The SMILES string of the molecule is COC(=O)C[C@H]1[C@]2(C)C3=C(C)[C@H](c4ccoc4)CC3O[C@@H]2[C@@H]2OC(=O)[C@]3(C)CCC(=O)[C@@]1(C)[C@@H]23. The molecule has 0 bridgehead atoms. The van der Waals surface area contributed by atoms with Gasteiger partial charge >= 0.3 is 11.9 Å². The number of rotatable bonds is 3. The number of Topliss-reactive ketones (excluding diaryl/α,β-unsaturated/α-hetero) is 1. The molecule has 0 radical (unpaired) electrons. The molecule has 0 amide bonds. The number of carbonyl (C=O) groups is 3. The van der Waals surface area contributed by atoms with Gasteiger partial charge in [-0.15, -0.1) is 0 Å². The van der Waals surface area contributed by atoms with Gasteiger partial charge in [0.15, 0.2) is 0 Å². The summed E-state index contributed by atoms with van der Waals surface area (Å²) in [4.78, 5) is 39.8. The maximum absolute atomic E-state index is 13.8. The van der Waals surface area contributed by atoms with Crippen molar-refractivity contribution in [2.75, 3.05) is 7.11 Å². The van der Waals surface area contributed by atoms with Crippen molar-refractivity contribution in [2.24, 2.45) is 28.1 Å². The van der Waals surface area contributed by atoms with Crippen LogP contribution in [0, 0.1) is 28.1 Å². The average Bonchev–Trinajstić information content (AvgIpc) is 3.54. The molecule has 7 nitrogen and oxygen atoms in total. The van der Waals surface area contributed by atoms with E-state index in [9.17, 15) is 14.4 Å². The van der Waals surface area contributed by atoms with Gasteiger partial charge in [-0.2, -0.15) is 0 Å². The topological polar surface area (TPSA) is 92.0 Å². The molecule has 9 atom stereocenters. The van der Waals surface area contributed by atoms with Crippen LogP contribution in [0.4, 0.5) is 0 Å². The molecule has 7 heteroatoms. The van der Waals surface area contributed by atoms with E-state index < -0.39 is 28.5 Å². The molecule has 1 unspecified atom stereocenters. The smallest absolute Gasteiger partial charge is 0.312 e. The predicted molar refractivity (Wildman–Crippen MR) is 119 cm³/mol. The minimum absolute atomic E-state index is 0.0997. The van der Waals surface area contributed by atoms with Crippen molar-refractivity contribution in [3.63, 3.8) is 0 Å². The highest BCUT2D eigenvalue weighted by Crippen LogP contribution is 2.72. The number of ether oxygens (including phenoxy) is 3. The lowest BCUT2D eigenvalue weighted by molar-refractivity contribution is -0.197. The molecule has 34 heavy (non-hydrogen) atoms. The van der Waals surface area contributed by atoms with E-state index >= 15 is 0 Å². The van der Waals surface area contributed by atoms with E-state index in [2.05, 4.69) is 13.8 Å². The standard InChI is InChI=1S/C27H32O7/c1-13-15(14-7-9-32-12-14)10-16-20(13)27(4)17(11-19(29)31-5)26(3)18(28)6-8-25(2)22(26)21(23(27)33-16)34-24(25)30/h7,9,12,15-17,21-23H,6,8,10-11H2,1-5H3/t15-,16?,17-,21-,22+,23-,25-,26+,27-/m1/s1. The zero-order valence-electron chi connectivity index (χ0n) is 20.4. The summed E-state index contributed by atoms with van der Waals surface area (Å²) in [5, 5.41) is 0. The van der Waals surface area contributed by atoms with Gasteiger partial charge in [-0.3, -0.25) is 14.4 Å². The first-order valence-corrected chi connectivity index (χ1v) is 12.3. The van der Waals surface area contributed by atoms with Gasteiger partial charge in [0.25, 0.3) is 0 Å². The summed E-state index contributed by atoms with van der Waals surface area (Å²) in [5.41, 5.74) is 1.15. The molecule has 182 valence electrons. The number of fused-ring (bicyclic) bond motifs is 4. The van der Waals surface area contributed by atoms with Crippen LogP contribution in [0.1, 0.15) is 64.9 Å². The zero-order chi connectivity index (χ0) is 24.2. The van der Waals surface area contributed by atoms with Crippen LogP contribution in [0.15, 0.2) is 34.2 Å². The summed E-state index contributed by atoms with van der Waals surface area (Å²) in [6.45, 7) is 8.14. The Morgan fingerprint density at radius 3 is 2.65 bits per heavy atom. The molecule has 2 saturated heterocycles. The largest absolute Gasteiger partial charge is 0.472 e. The fourth-order valence-electron chi connectivity index (χ4n) is 8.82. The Balaban J connectivity index is 1.56. The van der Waals surface area contributed by atoms with E-state index in [0.29, 0.717) is 12.8 Å². The number of carbonyl (C=O) groups excluding carboxylic acids is 3. The Hall–Kier alpha value is -2.41. The lowest BCUT2D eigenvalue weighted by Crippen LogP contribution is -2.67. The molecule has 3 aliphatic carbocycles. The lowest BCUT2D eigenvalue weighted by atomic mass is 9.40. The van der Waals surface area contributed by atoms with Gasteiger partial charge in [-0.25, -0.2) is 0 Å². The van der Waals surface area contributed by atoms with Crippen molar-refractivity contribution in [3.05, 3.63) is 35.3 Å². The Labute approximate surface area is 199 Å². The van der Waals surface area contributed by atoms with E-state index in [1.165, 1.54) is 12.7 Å². The second-order valence-corrected chi connectivity index (χ2v) is 11.6. The van der Waals surface area contributed by atoms with Crippen LogP contribution in [0.25, 0.3) is 0 Å². The van der Waals surface area contributed by atoms with Crippen molar-refractivity contribution >= 4 is 17.7 Å². The maximum atomic E-state index is 13.8. The van der Waals surface area contributed by atoms with E-state index in [1.807, 2.05) is 19.9 Å². The monoisotopic (exact) mass is 468 g/mol. The summed E-state index contributed by atoms with van der Waals surface area (Å²) < 4.78 is 23.3. The maximum Gasteiger partial charge on any atom is 0.312 e. The fourth-order valence-corrected chi connectivity index (χ4v) is 8.82. The molecule has 0 N–H and O–H groups in total. The average molecular weight is 469 g/mol. The number of allylic oxidation sites excluding steroid dienone is 1. The molecule has 2 aliphatic heterocycles. The number of furan rings is 1. The highest BCUT2D eigenvalue weighted by molar-refractivity contribution is 5.92. The molecule has 6 rings (SSSR count). The molecule has 0 aromatic carbocycles. The summed E-state index contributed by atoms with van der Waals surface area (Å²) in [6.07, 6.45) is 4.04. The van der Waals surface area contributed by atoms with Gasteiger partial charge in [0.05, 0.1) is 37.6 Å². The minimum Gasteiger partial charge on any atom is -0.472 e. The normalized spacial score (nSPS) is 46.7. The Kier molecular flexibility index (Phi) is 4.44. The molecular formula is C27H32O7. The van der Waals surface area contributed by atoms with Crippen LogP contribution in [0.2, 0.25) is 0 Å². The minimum atomic E-state index is -0.900. The number of esters is 2. The Bertz CT molecular complexity index is 1120. The molecule has 3 heterocycles. The third kappa shape index (κ3) is 2.39. The first kappa shape index (κ1) is 22.1. The second kappa shape index (κ2) is 6.84. The molecule has 5 aliphatic rings. The van der Waals surface area contributed by atoms with Gasteiger partial charge in [-0.05, 0) is 49.8 Å². The molecule has 1 aromatic heterocycles. The van der Waals surface area contributed by atoms with E-state index in [-0.39, 0.29) is 48.0 Å². The third-order valence-corrected chi connectivity index (χ3v) is 10.3. The first-order chi connectivity index (χ1) is 16.1. The van der Waals surface area contributed by atoms with Gasteiger partial charge in [0, 0.05) is 29.1 Å². The van der Waals surface area contributed by atoms with Crippen molar-refractivity contribution in [3.8, 4) is 0 Å². The van der Waals surface area contributed by atoms with Crippen LogP contribution in [0.3, 0.4) is 0 Å². The fraction of sp³-hybridized carbons (Fsp3) is 0.667. The van der Waals surface area contributed by atoms with Crippen LogP contribution in [-0.2, 0) is 28.6 Å². The van der Waals surface area contributed by atoms with Gasteiger partial charge in [0.2, 0.25) is 0 Å². The van der Waals surface area contributed by atoms with Crippen molar-refractivity contribution in [1.82, 2.24) is 0 Å². The van der Waals surface area contributed by atoms with Crippen LogP contribution >= 0.6 is 0 Å². The summed E-state index contributed by atoms with van der Waals surface area (Å²) >= 11 is 0. The van der Waals surface area contributed by atoms with Gasteiger partial charge in [-0.1, -0.05) is 19.4 Å². The van der Waals surface area contributed by atoms with Crippen LogP contribution < -0.4 is 0 Å². The molecule has 1 aromatic rings. The van der Waals surface area contributed by atoms with Crippen molar-refractivity contribution in [1.29, 1.82) is 0 Å². The van der Waals surface area contributed by atoms with E-state index in [0.717, 1.165) is 17.6 Å². The Morgan fingerprint density at radius 2 is 1.97 bits per heavy atom. The quantitative estimate of drug-likeness (QED) is 0.490. The molecule has 2 saturated carbocycles. The lowest BCUT2D eigenvalue weighted by Gasteiger charge is -2.60. The van der Waals surface area contributed by atoms with Crippen LogP contribution in [-0.4, -0.2) is 43.1 Å². The molecular weight excluding hydrogens is 436 g/mol. The summed E-state index contributed by atoms with van der Waals surface area (Å²) in [7, 11) is 1.38. The Morgan fingerprint density at radius 1 is 1.21 bits per heavy atom.